The number of ether oxygens (including phenoxy) is 1. The second-order valence-corrected chi connectivity index (χ2v) is 12.6. The van der Waals surface area contributed by atoms with Crippen molar-refractivity contribution in [1.29, 1.82) is 0 Å². The number of para-hydroxylation sites is 1. The van der Waals surface area contributed by atoms with Gasteiger partial charge in [-0.05, 0) is 57.1 Å². The lowest BCUT2D eigenvalue weighted by Gasteiger charge is -2.42. The molecule has 0 aromatic heterocycles. The average molecular weight is 579 g/mol. The van der Waals surface area contributed by atoms with Crippen molar-refractivity contribution in [2.45, 2.75) is 88.4 Å². The molecule has 228 valence electrons. The highest BCUT2D eigenvalue weighted by Crippen LogP contribution is 2.33. The van der Waals surface area contributed by atoms with E-state index in [1.165, 1.54) is 51.4 Å². The molecule has 42 heavy (non-hydrogen) atoms. The Labute approximate surface area is 249 Å². The second-order valence-electron chi connectivity index (χ2n) is 12.6. The Morgan fingerprint density at radius 1 is 1.00 bits per heavy atom. The molecule has 2 aromatic rings. The highest BCUT2D eigenvalue weighted by Gasteiger charge is 2.42. The molecule has 6 rings (SSSR count). The number of carbonyl (C=O) groups excluding carboxylic acids is 1. The molecule has 4 N–H and O–H groups in total. The number of fused-ring (bicyclic) bond motifs is 1. The summed E-state index contributed by atoms with van der Waals surface area (Å²) in [5.41, 5.74) is 9.25. The standard InChI is InChI=1S/C33H47FN6O2/c1-39-31(37-38-32(39)26-17-18-40(21-28(26)34)25-13-6-4-2-3-5-7-14-25)20-35-24-12-10-11-23(19-24)33(41)36-29-22-42-30-16-9-8-15-27(29)30/h8-12,15-16,19,25-26,28-29,31-32,35,37-38H,2-7,13-14,17-18,20-22H2,1H3,(H,36,41)/t26?,28?,29-,31?,32?/m1/s1. The van der Waals surface area contributed by atoms with Crippen LogP contribution in [0.3, 0.4) is 0 Å². The van der Waals surface area contributed by atoms with Crippen molar-refractivity contribution in [3.63, 3.8) is 0 Å². The number of nitrogens with zero attached hydrogens (tertiary/aromatic N) is 2. The van der Waals surface area contributed by atoms with Gasteiger partial charge in [-0.2, -0.15) is 0 Å². The summed E-state index contributed by atoms with van der Waals surface area (Å²) in [5.74, 6) is 0.655. The molecule has 4 unspecified atom stereocenters. The summed E-state index contributed by atoms with van der Waals surface area (Å²) in [5, 5.41) is 6.57. The number of benzene rings is 2. The van der Waals surface area contributed by atoms with Crippen molar-refractivity contribution < 1.29 is 13.9 Å². The molecule has 9 heteroatoms. The Kier molecular flexibility index (Phi) is 9.59. The first-order valence-electron chi connectivity index (χ1n) is 16.0. The number of hydrogen-bond acceptors (Lipinski definition) is 7. The summed E-state index contributed by atoms with van der Waals surface area (Å²) in [6.45, 7) is 2.60. The second kappa shape index (κ2) is 13.7. The third-order valence-corrected chi connectivity index (χ3v) is 9.83. The molecule has 2 saturated heterocycles. The SMILES string of the molecule is CN1C(CNc2cccc(C(=O)N[C@@H]3COc4ccccc43)c2)NNC1C1CCN(C2CCCCCCCC2)CC1F. The Balaban J connectivity index is 0.990. The van der Waals surface area contributed by atoms with Crippen LogP contribution in [0.15, 0.2) is 48.5 Å². The average Bonchev–Trinajstić information content (AvgIpc) is 3.62. The minimum atomic E-state index is -0.840. The maximum absolute atomic E-state index is 15.7. The van der Waals surface area contributed by atoms with Gasteiger partial charge in [0.25, 0.3) is 5.91 Å². The largest absolute Gasteiger partial charge is 0.491 e. The lowest BCUT2D eigenvalue weighted by Crippen LogP contribution is -2.54. The summed E-state index contributed by atoms with van der Waals surface area (Å²) in [7, 11) is 2.06. The van der Waals surface area contributed by atoms with E-state index in [1.54, 1.807) is 0 Å². The Morgan fingerprint density at radius 2 is 1.79 bits per heavy atom. The lowest BCUT2D eigenvalue weighted by atomic mass is 9.89. The number of likely N-dealkylation sites (tertiary alicyclic amines) is 1. The van der Waals surface area contributed by atoms with E-state index < -0.39 is 6.17 Å². The number of alkyl halides is 1. The normalized spacial score (nSPS) is 29.6. The van der Waals surface area contributed by atoms with Crippen molar-refractivity contribution >= 4 is 11.6 Å². The van der Waals surface area contributed by atoms with Gasteiger partial charge >= 0.3 is 0 Å². The summed E-state index contributed by atoms with van der Waals surface area (Å²) in [6.07, 6.45) is 10.4. The monoisotopic (exact) mass is 578 g/mol. The van der Waals surface area contributed by atoms with Crippen molar-refractivity contribution in [3.8, 4) is 5.75 Å². The molecule has 3 heterocycles. The van der Waals surface area contributed by atoms with Crippen molar-refractivity contribution in [1.82, 2.24) is 26.0 Å². The van der Waals surface area contributed by atoms with E-state index >= 15 is 4.39 Å². The van der Waals surface area contributed by atoms with Gasteiger partial charge in [0.1, 0.15) is 18.5 Å². The Morgan fingerprint density at radius 3 is 2.60 bits per heavy atom. The van der Waals surface area contributed by atoms with E-state index in [0.717, 1.165) is 30.0 Å². The van der Waals surface area contributed by atoms with E-state index in [0.29, 0.717) is 31.3 Å². The first-order chi connectivity index (χ1) is 20.6. The number of amides is 1. The van der Waals surface area contributed by atoms with Gasteiger partial charge in [0.15, 0.2) is 0 Å². The highest BCUT2D eigenvalue weighted by atomic mass is 19.1. The molecule has 5 atom stereocenters. The number of carbonyl (C=O) groups is 1. The number of nitrogens with one attached hydrogen (secondary N) is 4. The minimum Gasteiger partial charge on any atom is -0.491 e. The third kappa shape index (κ3) is 6.75. The van der Waals surface area contributed by atoms with E-state index in [1.807, 2.05) is 48.5 Å². The zero-order chi connectivity index (χ0) is 28.9. The minimum absolute atomic E-state index is 0.000733. The zero-order valence-corrected chi connectivity index (χ0v) is 24.9. The number of piperidine rings is 1. The van der Waals surface area contributed by atoms with Crippen LogP contribution in [-0.4, -0.2) is 73.5 Å². The molecule has 3 fully saturated rings. The molecule has 0 bridgehead atoms. The Bertz CT molecular complexity index is 1190. The molecule has 8 nitrogen and oxygen atoms in total. The van der Waals surface area contributed by atoms with Crippen molar-refractivity contribution in [2.24, 2.45) is 5.92 Å². The first-order valence-corrected chi connectivity index (χ1v) is 16.0. The van der Waals surface area contributed by atoms with Gasteiger partial charge in [-0.25, -0.2) is 15.2 Å². The van der Waals surface area contributed by atoms with Gasteiger partial charge in [0, 0.05) is 41.9 Å². The fraction of sp³-hybridized carbons (Fsp3) is 0.606. The van der Waals surface area contributed by atoms with E-state index in [9.17, 15) is 4.79 Å². The van der Waals surface area contributed by atoms with E-state index in [4.69, 9.17) is 4.74 Å². The quantitative estimate of drug-likeness (QED) is 0.375. The number of halogens is 1. The predicted molar refractivity (Wildman–Crippen MR) is 164 cm³/mol. The van der Waals surface area contributed by atoms with Gasteiger partial charge in [-0.15, -0.1) is 0 Å². The molecule has 4 aliphatic rings. The van der Waals surface area contributed by atoms with Gasteiger partial charge in [0.2, 0.25) is 0 Å². The number of rotatable bonds is 7. The van der Waals surface area contributed by atoms with Crippen molar-refractivity contribution in [3.05, 3.63) is 59.7 Å². The molecule has 3 aliphatic heterocycles. The van der Waals surface area contributed by atoms with Crippen LogP contribution in [0.2, 0.25) is 0 Å². The maximum Gasteiger partial charge on any atom is 0.251 e. The highest BCUT2D eigenvalue weighted by molar-refractivity contribution is 5.95. The summed E-state index contributed by atoms with van der Waals surface area (Å²) in [4.78, 5) is 17.7. The predicted octanol–water partition coefficient (Wildman–Crippen LogP) is 4.82. The van der Waals surface area contributed by atoms with Crippen LogP contribution in [0.25, 0.3) is 0 Å². The zero-order valence-electron chi connectivity index (χ0n) is 24.9. The number of anilines is 1. The van der Waals surface area contributed by atoms with Gasteiger partial charge in [0.05, 0.1) is 18.4 Å². The topological polar surface area (TPSA) is 80.9 Å². The van der Waals surface area contributed by atoms with Crippen LogP contribution < -0.4 is 26.2 Å². The van der Waals surface area contributed by atoms with Crippen LogP contribution in [-0.2, 0) is 0 Å². The van der Waals surface area contributed by atoms with Crippen LogP contribution in [0.5, 0.6) is 5.75 Å². The molecule has 2 aromatic carbocycles. The molecule has 1 aliphatic carbocycles. The maximum atomic E-state index is 15.7. The van der Waals surface area contributed by atoms with Crippen LogP contribution in [0, 0.1) is 5.92 Å². The number of likely N-dealkylation sites (N-methyl/N-ethyl adjacent to an activating group) is 1. The molecule has 1 amide bonds. The molecule has 1 saturated carbocycles. The summed E-state index contributed by atoms with van der Waals surface area (Å²) < 4.78 is 21.4. The molecular formula is C33H47FN6O2. The van der Waals surface area contributed by atoms with Gasteiger partial charge in [-0.3, -0.25) is 14.6 Å². The fourth-order valence-corrected chi connectivity index (χ4v) is 7.30. The summed E-state index contributed by atoms with van der Waals surface area (Å²) in [6, 6.07) is 15.8. The van der Waals surface area contributed by atoms with Gasteiger partial charge in [-0.1, -0.05) is 62.8 Å². The van der Waals surface area contributed by atoms with E-state index in [-0.39, 0.29) is 30.2 Å². The number of hydrogen-bond donors (Lipinski definition) is 4. The van der Waals surface area contributed by atoms with Crippen LogP contribution in [0.4, 0.5) is 10.1 Å². The molecular weight excluding hydrogens is 531 g/mol. The fourth-order valence-electron chi connectivity index (χ4n) is 7.30. The third-order valence-electron chi connectivity index (χ3n) is 9.83. The summed E-state index contributed by atoms with van der Waals surface area (Å²) >= 11 is 0. The first kappa shape index (κ1) is 29.4. The van der Waals surface area contributed by atoms with E-state index in [2.05, 4.69) is 38.3 Å². The molecule has 0 spiro atoms. The van der Waals surface area contributed by atoms with Crippen molar-refractivity contribution in [2.75, 3.05) is 38.6 Å². The number of hydrazine groups is 1. The molecule has 0 radical (unpaired) electrons. The van der Waals surface area contributed by atoms with Crippen LogP contribution in [0.1, 0.15) is 79.8 Å². The lowest BCUT2D eigenvalue weighted by molar-refractivity contribution is 0.0103. The Hall–Kier alpha value is -2.72. The van der Waals surface area contributed by atoms with Gasteiger partial charge < -0.3 is 15.4 Å². The smallest absolute Gasteiger partial charge is 0.251 e. The van der Waals surface area contributed by atoms with Crippen LogP contribution >= 0.6 is 0 Å².